The molecule has 0 atom stereocenters. The summed E-state index contributed by atoms with van der Waals surface area (Å²) in [6.45, 7) is 0.884. The van der Waals surface area contributed by atoms with E-state index in [4.69, 9.17) is 0 Å². The minimum absolute atomic E-state index is 0.139. The minimum Gasteiger partial charge on any atom is -0.364 e. The van der Waals surface area contributed by atoms with E-state index in [-0.39, 0.29) is 11.8 Å². The molecule has 0 saturated carbocycles. The van der Waals surface area contributed by atoms with Gasteiger partial charge in [-0.05, 0) is 48.5 Å². The Bertz CT molecular complexity index is 1260. The normalized spacial score (nSPS) is 11.1. The highest BCUT2D eigenvalue weighted by Crippen LogP contribution is 2.27. The summed E-state index contributed by atoms with van der Waals surface area (Å²) in [5.41, 5.74) is 4.76. The van der Waals surface area contributed by atoms with Gasteiger partial charge < -0.3 is 25.6 Å². The van der Waals surface area contributed by atoms with Gasteiger partial charge in [0, 0.05) is 56.7 Å². The van der Waals surface area contributed by atoms with Crippen LogP contribution in [-0.2, 0) is 13.1 Å². The number of benzene rings is 2. The molecule has 3 heterocycles. The third kappa shape index (κ3) is 3.81. The molecule has 0 spiro atoms. The van der Waals surface area contributed by atoms with Gasteiger partial charge in [0.05, 0.1) is 13.1 Å². The van der Waals surface area contributed by atoms with Crippen LogP contribution >= 0.6 is 0 Å². The summed E-state index contributed by atoms with van der Waals surface area (Å²) >= 11 is 0. The monoisotopic (exact) mass is 411 g/mol. The number of carbonyl (C=O) groups is 2. The number of rotatable bonds is 6. The highest BCUT2D eigenvalue weighted by atomic mass is 16.2. The average Bonchev–Trinajstić information content (AvgIpc) is 3.55. The molecular weight excluding hydrogens is 390 g/mol. The second-order valence-electron chi connectivity index (χ2n) is 7.40. The van der Waals surface area contributed by atoms with Crippen LogP contribution < -0.4 is 10.6 Å². The van der Waals surface area contributed by atoms with E-state index in [1.807, 2.05) is 73.1 Å². The van der Waals surface area contributed by atoms with Crippen molar-refractivity contribution in [1.29, 1.82) is 0 Å². The summed E-state index contributed by atoms with van der Waals surface area (Å²) in [7, 11) is 0. The number of amides is 2. The van der Waals surface area contributed by atoms with Gasteiger partial charge in [0.2, 0.25) is 0 Å². The molecule has 0 unspecified atom stereocenters. The van der Waals surface area contributed by atoms with Crippen LogP contribution in [0.25, 0.3) is 21.8 Å². The molecule has 31 heavy (non-hydrogen) atoms. The molecule has 0 aliphatic rings. The van der Waals surface area contributed by atoms with Gasteiger partial charge in [0.15, 0.2) is 0 Å². The lowest BCUT2D eigenvalue weighted by atomic mass is 10.1. The number of fused-ring (bicyclic) bond motifs is 3. The lowest BCUT2D eigenvalue weighted by Crippen LogP contribution is -2.22. The number of aromatic amines is 3. The van der Waals surface area contributed by atoms with Crippen LogP contribution in [0.1, 0.15) is 32.1 Å². The van der Waals surface area contributed by atoms with Crippen LogP contribution in [0.2, 0.25) is 0 Å². The zero-order chi connectivity index (χ0) is 21.2. The molecule has 5 N–H and O–H groups in total. The Morgan fingerprint density at radius 1 is 0.677 bits per heavy atom. The fourth-order valence-corrected chi connectivity index (χ4v) is 3.70. The molecule has 0 radical (unpaired) electrons. The molecule has 0 aliphatic carbocycles. The first-order chi connectivity index (χ1) is 15.2. The van der Waals surface area contributed by atoms with Crippen molar-refractivity contribution in [1.82, 2.24) is 25.6 Å². The van der Waals surface area contributed by atoms with E-state index in [0.717, 1.165) is 33.2 Å². The average molecular weight is 411 g/mol. The predicted octanol–water partition coefficient (Wildman–Crippen LogP) is 3.84. The maximum absolute atomic E-state index is 12.5. The Morgan fingerprint density at radius 2 is 1.16 bits per heavy atom. The smallest absolute Gasteiger partial charge is 0.251 e. The topological polar surface area (TPSA) is 106 Å². The van der Waals surface area contributed by atoms with Gasteiger partial charge in [0.1, 0.15) is 0 Å². The lowest BCUT2D eigenvalue weighted by Gasteiger charge is -2.04. The molecular formula is C24H21N5O2. The van der Waals surface area contributed by atoms with Crippen molar-refractivity contribution in [2.75, 3.05) is 0 Å². The molecule has 0 bridgehead atoms. The number of aromatic nitrogens is 3. The van der Waals surface area contributed by atoms with E-state index in [2.05, 4.69) is 25.6 Å². The van der Waals surface area contributed by atoms with Crippen molar-refractivity contribution in [3.8, 4) is 0 Å². The first-order valence-corrected chi connectivity index (χ1v) is 10.0. The standard InChI is InChI=1S/C24H21N5O2/c30-23(27-13-17-3-1-9-25-17)15-5-7-19-20-8-6-16(12-22(20)29-21(19)11-15)24(31)28-14-18-4-2-10-26-18/h1-12,25-26,29H,13-14H2,(H,27,30)(H,28,31). The molecule has 0 aliphatic heterocycles. The van der Waals surface area contributed by atoms with Gasteiger partial charge in [-0.3, -0.25) is 9.59 Å². The fraction of sp³-hybridized carbons (Fsp3) is 0.0833. The van der Waals surface area contributed by atoms with Gasteiger partial charge in [-0.1, -0.05) is 12.1 Å². The molecule has 2 amide bonds. The summed E-state index contributed by atoms with van der Waals surface area (Å²) in [6.07, 6.45) is 3.65. The zero-order valence-corrected chi connectivity index (χ0v) is 16.7. The Labute approximate surface area is 177 Å². The molecule has 154 valence electrons. The minimum atomic E-state index is -0.139. The fourth-order valence-electron chi connectivity index (χ4n) is 3.70. The van der Waals surface area contributed by atoms with Crippen molar-refractivity contribution >= 4 is 33.6 Å². The lowest BCUT2D eigenvalue weighted by molar-refractivity contribution is 0.0942. The van der Waals surface area contributed by atoms with Crippen molar-refractivity contribution < 1.29 is 9.59 Å². The molecule has 7 nitrogen and oxygen atoms in total. The van der Waals surface area contributed by atoms with Gasteiger partial charge >= 0.3 is 0 Å². The first-order valence-electron chi connectivity index (χ1n) is 10.0. The van der Waals surface area contributed by atoms with Crippen LogP contribution in [0.15, 0.2) is 73.1 Å². The zero-order valence-electron chi connectivity index (χ0n) is 16.7. The number of nitrogens with one attached hydrogen (secondary N) is 5. The maximum Gasteiger partial charge on any atom is 0.251 e. The Kier molecular flexibility index (Phi) is 4.76. The third-order valence-corrected chi connectivity index (χ3v) is 5.33. The van der Waals surface area contributed by atoms with E-state index < -0.39 is 0 Å². The van der Waals surface area contributed by atoms with Crippen LogP contribution in [-0.4, -0.2) is 26.8 Å². The SMILES string of the molecule is O=C(NCc1ccc[nH]1)c1ccc2c(c1)[nH]c1cc(C(=O)NCc3ccc[nH]3)ccc12. The highest BCUT2D eigenvalue weighted by Gasteiger charge is 2.12. The summed E-state index contributed by atoms with van der Waals surface area (Å²) in [5.74, 6) is -0.279. The summed E-state index contributed by atoms with van der Waals surface area (Å²) < 4.78 is 0. The van der Waals surface area contributed by atoms with E-state index in [9.17, 15) is 9.59 Å². The summed E-state index contributed by atoms with van der Waals surface area (Å²) in [6, 6.07) is 18.8. The number of hydrogen-bond acceptors (Lipinski definition) is 2. The van der Waals surface area contributed by atoms with E-state index in [1.54, 1.807) is 0 Å². The molecule has 3 aromatic heterocycles. The molecule has 7 heteroatoms. The largest absolute Gasteiger partial charge is 0.364 e. The van der Waals surface area contributed by atoms with Gasteiger partial charge in [-0.25, -0.2) is 0 Å². The van der Waals surface area contributed by atoms with Crippen molar-refractivity contribution in [3.05, 3.63) is 95.6 Å². The Hall–Kier alpha value is -4.26. The number of carbonyl (C=O) groups excluding carboxylic acids is 2. The van der Waals surface area contributed by atoms with Crippen molar-refractivity contribution in [3.63, 3.8) is 0 Å². The van der Waals surface area contributed by atoms with Crippen LogP contribution in [0, 0.1) is 0 Å². The molecule has 2 aromatic carbocycles. The third-order valence-electron chi connectivity index (χ3n) is 5.33. The highest BCUT2D eigenvalue weighted by molar-refractivity contribution is 6.11. The van der Waals surface area contributed by atoms with E-state index >= 15 is 0 Å². The van der Waals surface area contributed by atoms with Gasteiger partial charge in [0.25, 0.3) is 11.8 Å². The van der Waals surface area contributed by atoms with Crippen LogP contribution in [0.4, 0.5) is 0 Å². The van der Waals surface area contributed by atoms with Crippen molar-refractivity contribution in [2.24, 2.45) is 0 Å². The quantitative estimate of drug-likeness (QED) is 0.293. The first kappa shape index (κ1) is 18.7. The van der Waals surface area contributed by atoms with Crippen molar-refractivity contribution in [2.45, 2.75) is 13.1 Å². The van der Waals surface area contributed by atoms with Crippen LogP contribution in [0.3, 0.4) is 0 Å². The Balaban J connectivity index is 1.36. The van der Waals surface area contributed by atoms with Gasteiger partial charge in [-0.2, -0.15) is 0 Å². The number of H-pyrrole nitrogens is 3. The maximum atomic E-state index is 12.5. The molecule has 0 fully saturated rings. The summed E-state index contributed by atoms with van der Waals surface area (Å²) in [5, 5.41) is 7.84. The summed E-state index contributed by atoms with van der Waals surface area (Å²) in [4.78, 5) is 34.5. The Morgan fingerprint density at radius 3 is 1.58 bits per heavy atom. The molecule has 5 aromatic rings. The number of hydrogen-bond donors (Lipinski definition) is 5. The predicted molar refractivity (Wildman–Crippen MR) is 120 cm³/mol. The van der Waals surface area contributed by atoms with Crippen LogP contribution in [0.5, 0.6) is 0 Å². The van der Waals surface area contributed by atoms with Gasteiger partial charge in [-0.15, -0.1) is 0 Å². The molecule has 0 saturated heterocycles. The van der Waals surface area contributed by atoms with E-state index in [0.29, 0.717) is 24.2 Å². The molecule has 5 rings (SSSR count). The van der Waals surface area contributed by atoms with E-state index in [1.165, 1.54) is 0 Å². The second kappa shape index (κ2) is 7.87. The second-order valence-corrected chi connectivity index (χ2v) is 7.40.